The maximum Gasteiger partial charge on any atom is 0.295 e. The molecule has 4 aromatic rings. The van der Waals surface area contributed by atoms with E-state index in [4.69, 9.17) is 4.74 Å². The van der Waals surface area contributed by atoms with E-state index in [9.17, 15) is 9.59 Å². The lowest BCUT2D eigenvalue weighted by molar-refractivity contribution is 0.414. The molecule has 0 saturated heterocycles. The van der Waals surface area contributed by atoms with Crippen LogP contribution in [0.1, 0.15) is 17.0 Å². The summed E-state index contributed by atoms with van der Waals surface area (Å²) >= 11 is 0. The van der Waals surface area contributed by atoms with Crippen LogP contribution in [-0.2, 0) is 13.5 Å². The molecule has 0 atom stereocenters. The van der Waals surface area contributed by atoms with Crippen molar-refractivity contribution < 1.29 is 4.74 Å². The molecule has 31 heavy (non-hydrogen) atoms. The van der Waals surface area contributed by atoms with E-state index in [0.29, 0.717) is 17.8 Å². The van der Waals surface area contributed by atoms with E-state index < -0.39 is 0 Å². The average molecular weight is 418 g/mol. The molecule has 0 saturated carbocycles. The molecule has 158 valence electrons. The first-order valence-electron chi connectivity index (χ1n) is 9.68. The number of rotatable bonds is 6. The molecule has 0 aliphatic heterocycles. The van der Waals surface area contributed by atoms with E-state index in [1.807, 2.05) is 61.5 Å². The number of anilines is 2. The van der Waals surface area contributed by atoms with Gasteiger partial charge in [-0.2, -0.15) is 0 Å². The minimum absolute atomic E-state index is 0.106. The van der Waals surface area contributed by atoms with Crippen molar-refractivity contribution in [2.75, 3.05) is 12.4 Å². The fourth-order valence-electron chi connectivity index (χ4n) is 3.30. The van der Waals surface area contributed by atoms with E-state index in [0.717, 1.165) is 17.0 Å². The number of nitrogens with zero attached hydrogens (tertiary/aromatic N) is 4. The van der Waals surface area contributed by atoms with Gasteiger partial charge in [0.15, 0.2) is 0 Å². The molecule has 0 aliphatic rings. The Balaban J connectivity index is 1.60. The normalized spacial score (nSPS) is 10.8. The number of benzene rings is 2. The molecule has 2 N–H and O–H groups in total. The van der Waals surface area contributed by atoms with E-state index in [-0.39, 0.29) is 22.8 Å². The summed E-state index contributed by atoms with van der Waals surface area (Å²) in [6.07, 6.45) is 0.331. The maximum absolute atomic E-state index is 13.0. The molecular weight excluding hydrogens is 396 g/mol. The van der Waals surface area contributed by atoms with Crippen LogP contribution < -0.4 is 21.2 Å². The Labute approximate surface area is 177 Å². The molecule has 0 aliphatic carbocycles. The van der Waals surface area contributed by atoms with Gasteiger partial charge in [-0.1, -0.05) is 30.3 Å². The number of ether oxygens (including phenoxy) is 1. The Morgan fingerprint density at radius 2 is 1.74 bits per heavy atom. The van der Waals surface area contributed by atoms with Crippen LogP contribution in [0.3, 0.4) is 0 Å². The first kappa shape index (κ1) is 20.1. The van der Waals surface area contributed by atoms with Crippen LogP contribution in [0.5, 0.6) is 5.75 Å². The zero-order chi connectivity index (χ0) is 22.0. The van der Waals surface area contributed by atoms with Gasteiger partial charge in [0.1, 0.15) is 17.1 Å². The molecule has 0 unspecified atom stereocenters. The van der Waals surface area contributed by atoms with Crippen molar-refractivity contribution in [2.24, 2.45) is 7.05 Å². The SMILES string of the molecule is COc1ccc(Cc2nnc(Nc3c(C)n(C)n(-c4ccccc4)c3=O)[nH]c2=O)cc1. The third-order valence-corrected chi connectivity index (χ3v) is 5.09. The summed E-state index contributed by atoms with van der Waals surface area (Å²) in [5.41, 5.74) is 2.31. The van der Waals surface area contributed by atoms with Crippen LogP contribution in [0, 0.1) is 6.92 Å². The lowest BCUT2D eigenvalue weighted by Crippen LogP contribution is -2.22. The molecule has 9 nitrogen and oxygen atoms in total. The Morgan fingerprint density at radius 1 is 1.03 bits per heavy atom. The van der Waals surface area contributed by atoms with Gasteiger partial charge in [0.25, 0.3) is 11.1 Å². The molecule has 2 aromatic carbocycles. The average Bonchev–Trinajstić information content (AvgIpc) is 3.00. The Morgan fingerprint density at radius 3 is 2.39 bits per heavy atom. The zero-order valence-electron chi connectivity index (χ0n) is 17.4. The second-order valence-corrected chi connectivity index (χ2v) is 7.04. The van der Waals surface area contributed by atoms with Crippen molar-refractivity contribution in [3.63, 3.8) is 0 Å². The summed E-state index contributed by atoms with van der Waals surface area (Å²) in [7, 11) is 3.39. The van der Waals surface area contributed by atoms with E-state index in [2.05, 4.69) is 20.5 Å². The predicted octanol–water partition coefficient (Wildman–Crippen LogP) is 2.31. The monoisotopic (exact) mass is 418 g/mol. The largest absolute Gasteiger partial charge is 0.497 e. The van der Waals surface area contributed by atoms with Crippen LogP contribution in [-0.4, -0.2) is 31.7 Å². The highest BCUT2D eigenvalue weighted by atomic mass is 16.5. The summed E-state index contributed by atoms with van der Waals surface area (Å²) < 4.78 is 8.42. The van der Waals surface area contributed by atoms with Crippen LogP contribution >= 0.6 is 0 Å². The number of aromatic nitrogens is 5. The summed E-state index contributed by atoms with van der Waals surface area (Å²) in [6, 6.07) is 16.7. The molecule has 0 fully saturated rings. The number of para-hydroxylation sites is 1. The molecular formula is C22H22N6O3. The van der Waals surface area contributed by atoms with Gasteiger partial charge in [0.2, 0.25) is 5.95 Å². The highest BCUT2D eigenvalue weighted by molar-refractivity contribution is 5.56. The Bertz CT molecular complexity index is 1320. The van der Waals surface area contributed by atoms with E-state index >= 15 is 0 Å². The molecule has 0 radical (unpaired) electrons. The van der Waals surface area contributed by atoms with Gasteiger partial charge in [-0.3, -0.25) is 19.3 Å². The number of hydrogen-bond acceptors (Lipinski definition) is 6. The highest BCUT2D eigenvalue weighted by Gasteiger charge is 2.17. The third kappa shape index (κ3) is 3.97. The fraction of sp³-hybridized carbons (Fsp3) is 0.182. The van der Waals surface area contributed by atoms with Gasteiger partial charge < -0.3 is 10.1 Å². The third-order valence-electron chi connectivity index (χ3n) is 5.09. The summed E-state index contributed by atoms with van der Waals surface area (Å²) in [5.74, 6) is 0.845. The second-order valence-electron chi connectivity index (χ2n) is 7.04. The van der Waals surface area contributed by atoms with Crippen LogP contribution in [0.4, 0.5) is 11.6 Å². The molecule has 9 heteroatoms. The molecule has 0 bridgehead atoms. The van der Waals surface area contributed by atoms with Gasteiger partial charge in [-0.25, -0.2) is 4.68 Å². The first-order chi connectivity index (χ1) is 15.0. The predicted molar refractivity (Wildman–Crippen MR) is 117 cm³/mol. The minimum atomic E-state index is -0.370. The molecule has 2 heterocycles. The van der Waals surface area contributed by atoms with Crippen molar-refractivity contribution in [2.45, 2.75) is 13.3 Å². The number of aromatic amines is 1. The van der Waals surface area contributed by atoms with Gasteiger partial charge in [0, 0.05) is 13.5 Å². The number of nitrogens with one attached hydrogen (secondary N) is 2. The van der Waals surface area contributed by atoms with E-state index in [1.54, 1.807) is 23.5 Å². The van der Waals surface area contributed by atoms with Crippen molar-refractivity contribution in [1.29, 1.82) is 0 Å². The lowest BCUT2D eigenvalue weighted by Gasteiger charge is -2.07. The van der Waals surface area contributed by atoms with Crippen molar-refractivity contribution in [3.05, 3.63) is 92.3 Å². The zero-order valence-corrected chi connectivity index (χ0v) is 17.4. The summed E-state index contributed by atoms with van der Waals surface area (Å²) in [6.45, 7) is 1.81. The van der Waals surface area contributed by atoms with Crippen molar-refractivity contribution in [1.82, 2.24) is 24.5 Å². The fourth-order valence-corrected chi connectivity index (χ4v) is 3.30. The van der Waals surface area contributed by atoms with Gasteiger partial charge >= 0.3 is 0 Å². The first-order valence-corrected chi connectivity index (χ1v) is 9.68. The lowest BCUT2D eigenvalue weighted by atomic mass is 10.1. The number of methoxy groups -OCH3 is 1. The molecule has 2 aromatic heterocycles. The van der Waals surface area contributed by atoms with Gasteiger partial charge in [-0.05, 0) is 36.8 Å². The van der Waals surface area contributed by atoms with Crippen LogP contribution in [0.2, 0.25) is 0 Å². The second kappa shape index (κ2) is 8.31. The summed E-state index contributed by atoms with van der Waals surface area (Å²) in [4.78, 5) is 28.2. The summed E-state index contributed by atoms with van der Waals surface area (Å²) in [5, 5.41) is 11.0. The van der Waals surface area contributed by atoms with Crippen molar-refractivity contribution >= 4 is 11.6 Å². The van der Waals surface area contributed by atoms with Crippen molar-refractivity contribution in [3.8, 4) is 11.4 Å². The van der Waals surface area contributed by atoms with Crippen LogP contribution in [0.15, 0.2) is 64.2 Å². The Hall–Kier alpha value is -4.14. The number of H-pyrrole nitrogens is 1. The molecule has 0 spiro atoms. The van der Waals surface area contributed by atoms with Gasteiger partial charge in [-0.15, -0.1) is 10.2 Å². The van der Waals surface area contributed by atoms with E-state index in [1.165, 1.54) is 0 Å². The smallest absolute Gasteiger partial charge is 0.295 e. The van der Waals surface area contributed by atoms with Gasteiger partial charge in [0.05, 0.1) is 18.5 Å². The quantitative estimate of drug-likeness (QED) is 0.498. The standard InChI is InChI=1S/C22H22N6O3/c1-14-19(21(30)28(27(14)2)16-7-5-4-6-8-16)23-22-24-20(29)18(25-26-22)13-15-9-11-17(31-3)12-10-15/h4-12H,13H2,1-3H3,(H2,23,24,26,29). The minimum Gasteiger partial charge on any atom is -0.497 e. The van der Waals surface area contributed by atoms with Crippen LogP contribution in [0.25, 0.3) is 5.69 Å². The highest BCUT2D eigenvalue weighted by Crippen LogP contribution is 2.17. The topological polar surface area (TPSA) is 107 Å². The molecule has 0 amide bonds. The number of hydrogen-bond donors (Lipinski definition) is 2. The Kier molecular flexibility index (Phi) is 5.40. The maximum atomic E-state index is 13.0. The molecule has 4 rings (SSSR count).